The Balaban J connectivity index is 3.20. The first-order chi connectivity index (χ1) is 4.25. The Morgan fingerprint density at radius 2 is 2.44 bits per heavy atom. The number of aromatic nitrogens is 1. The molecule has 0 spiro atoms. The van der Waals surface area contributed by atoms with Crippen molar-refractivity contribution in [3.63, 3.8) is 0 Å². The van der Waals surface area contributed by atoms with Gasteiger partial charge in [0, 0.05) is 0 Å². The molecule has 0 aliphatic rings. The standard InChI is InChI=1S/C4H3BrClNO2/c5-1-2-3(6)4(8)7-9-2/h1H2,(H,7,8). The highest BCUT2D eigenvalue weighted by Gasteiger charge is 2.06. The van der Waals surface area contributed by atoms with Crippen LogP contribution in [0.3, 0.4) is 0 Å². The molecule has 0 fully saturated rings. The van der Waals surface area contributed by atoms with Crippen molar-refractivity contribution in [1.29, 1.82) is 0 Å². The molecule has 0 aromatic carbocycles. The minimum Gasteiger partial charge on any atom is -0.381 e. The Bertz CT molecular complexity index is 253. The third-order valence-electron chi connectivity index (χ3n) is 0.832. The van der Waals surface area contributed by atoms with E-state index < -0.39 is 0 Å². The molecule has 9 heavy (non-hydrogen) atoms. The van der Waals surface area contributed by atoms with Gasteiger partial charge in [0.1, 0.15) is 0 Å². The molecular weight excluding hydrogens is 209 g/mol. The summed E-state index contributed by atoms with van der Waals surface area (Å²) in [7, 11) is 0. The van der Waals surface area contributed by atoms with Crippen LogP contribution >= 0.6 is 27.5 Å². The highest BCUT2D eigenvalue weighted by Crippen LogP contribution is 2.12. The molecule has 0 saturated carbocycles. The maximum absolute atomic E-state index is 10.5. The van der Waals surface area contributed by atoms with E-state index in [0.717, 1.165) is 0 Å². The molecule has 0 atom stereocenters. The van der Waals surface area contributed by atoms with Crippen LogP contribution in [0, 0.1) is 0 Å². The van der Waals surface area contributed by atoms with Crippen molar-refractivity contribution in [3.05, 3.63) is 21.1 Å². The van der Waals surface area contributed by atoms with Crippen LogP contribution in [0.4, 0.5) is 0 Å². The third-order valence-corrected chi connectivity index (χ3v) is 1.72. The number of rotatable bonds is 1. The summed E-state index contributed by atoms with van der Waals surface area (Å²) in [6, 6.07) is 0. The number of hydrogen-bond acceptors (Lipinski definition) is 2. The lowest BCUT2D eigenvalue weighted by atomic mass is 10.5. The molecule has 0 radical (unpaired) electrons. The number of alkyl halides is 1. The van der Waals surface area contributed by atoms with Crippen molar-refractivity contribution in [2.45, 2.75) is 5.33 Å². The molecule has 0 unspecified atom stereocenters. The summed E-state index contributed by atoms with van der Waals surface area (Å²) >= 11 is 8.53. The highest BCUT2D eigenvalue weighted by molar-refractivity contribution is 9.08. The average molecular weight is 212 g/mol. The Morgan fingerprint density at radius 3 is 2.67 bits per heavy atom. The zero-order valence-corrected chi connectivity index (χ0v) is 6.62. The Labute approximate surface area is 64.1 Å². The fourth-order valence-electron chi connectivity index (χ4n) is 0.410. The lowest BCUT2D eigenvalue weighted by molar-refractivity contribution is 0.390. The zero-order valence-electron chi connectivity index (χ0n) is 4.28. The van der Waals surface area contributed by atoms with Crippen molar-refractivity contribution in [2.75, 3.05) is 0 Å². The summed E-state index contributed by atoms with van der Waals surface area (Å²) in [6.45, 7) is 0. The molecule has 1 aromatic heterocycles. The smallest absolute Gasteiger partial charge is 0.298 e. The first-order valence-electron chi connectivity index (χ1n) is 2.17. The van der Waals surface area contributed by atoms with Gasteiger partial charge >= 0.3 is 0 Å². The molecule has 1 N–H and O–H groups in total. The summed E-state index contributed by atoms with van der Waals surface area (Å²) in [4.78, 5) is 10.5. The second-order valence-corrected chi connectivity index (χ2v) is 2.34. The first kappa shape index (κ1) is 6.89. The van der Waals surface area contributed by atoms with E-state index in [1.807, 2.05) is 0 Å². The van der Waals surface area contributed by atoms with Crippen molar-refractivity contribution in [1.82, 2.24) is 5.16 Å². The highest BCUT2D eigenvalue weighted by atomic mass is 79.9. The van der Waals surface area contributed by atoms with Crippen LogP contribution in [-0.4, -0.2) is 5.16 Å². The van der Waals surface area contributed by atoms with E-state index in [4.69, 9.17) is 11.6 Å². The zero-order chi connectivity index (χ0) is 6.85. The third kappa shape index (κ3) is 1.19. The minimum atomic E-state index is -0.383. The fourth-order valence-corrected chi connectivity index (χ4v) is 1.11. The fraction of sp³-hybridized carbons (Fsp3) is 0.250. The van der Waals surface area contributed by atoms with E-state index in [1.54, 1.807) is 0 Å². The summed E-state index contributed by atoms with van der Waals surface area (Å²) in [6.07, 6.45) is 0. The second-order valence-electron chi connectivity index (χ2n) is 1.40. The van der Waals surface area contributed by atoms with E-state index >= 15 is 0 Å². The van der Waals surface area contributed by atoms with Crippen LogP contribution in [0.2, 0.25) is 5.02 Å². The van der Waals surface area contributed by atoms with Crippen LogP contribution in [0.1, 0.15) is 5.76 Å². The topological polar surface area (TPSA) is 46.0 Å². The summed E-state index contributed by atoms with van der Waals surface area (Å²) in [5.74, 6) is 0.432. The van der Waals surface area contributed by atoms with Crippen LogP contribution in [0.5, 0.6) is 0 Å². The van der Waals surface area contributed by atoms with Gasteiger partial charge in [-0.15, -0.1) is 0 Å². The number of aromatic amines is 1. The van der Waals surface area contributed by atoms with Gasteiger partial charge in [0.05, 0.1) is 5.33 Å². The second kappa shape index (κ2) is 2.58. The van der Waals surface area contributed by atoms with Crippen molar-refractivity contribution in [3.8, 4) is 0 Å². The molecule has 1 aromatic rings. The molecule has 3 nitrogen and oxygen atoms in total. The van der Waals surface area contributed by atoms with E-state index in [-0.39, 0.29) is 10.6 Å². The van der Waals surface area contributed by atoms with Crippen molar-refractivity contribution < 1.29 is 4.52 Å². The van der Waals surface area contributed by atoms with Gasteiger partial charge in [-0.1, -0.05) is 27.5 Å². The lowest BCUT2D eigenvalue weighted by Crippen LogP contribution is -1.96. The quantitative estimate of drug-likeness (QED) is 0.717. The average Bonchev–Trinajstić information content (AvgIpc) is 2.15. The minimum absolute atomic E-state index is 0.117. The summed E-state index contributed by atoms with van der Waals surface area (Å²) in [5.41, 5.74) is -0.383. The Morgan fingerprint density at radius 1 is 1.78 bits per heavy atom. The normalized spacial score (nSPS) is 10.0. The van der Waals surface area contributed by atoms with Gasteiger partial charge < -0.3 is 4.52 Å². The number of hydrogen-bond donors (Lipinski definition) is 1. The molecule has 5 heteroatoms. The molecule has 0 amide bonds. The van der Waals surface area contributed by atoms with Gasteiger partial charge in [0.25, 0.3) is 5.56 Å². The number of nitrogens with one attached hydrogen (secondary N) is 1. The van der Waals surface area contributed by atoms with E-state index in [2.05, 4.69) is 25.6 Å². The number of H-pyrrole nitrogens is 1. The van der Waals surface area contributed by atoms with Gasteiger partial charge in [-0.05, 0) is 0 Å². The molecule has 50 valence electrons. The largest absolute Gasteiger partial charge is 0.381 e. The molecular formula is C4H3BrClNO2. The maximum atomic E-state index is 10.5. The van der Waals surface area contributed by atoms with Crippen LogP contribution in [0.15, 0.2) is 9.32 Å². The summed E-state index contributed by atoms with van der Waals surface area (Å²) in [5, 5.41) is 2.66. The molecule has 0 bridgehead atoms. The monoisotopic (exact) mass is 211 g/mol. The van der Waals surface area contributed by atoms with Crippen LogP contribution in [0.25, 0.3) is 0 Å². The van der Waals surface area contributed by atoms with E-state index in [0.29, 0.717) is 11.1 Å². The molecule has 0 saturated heterocycles. The van der Waals surface area contributed by atoms with Gasteiger partial charge in [-0.2, -0.15) is 5.16 Å². The van der Waals surface area contributed by atoms with Crippen molar-refractivity contribution >= 4 is 27.5 Å². The Hall–Kier alpha value is -0.220. The number of halogens is 2. The SMILES string of the molecule is O=c1[nH]oc(CBr)c1Cl. The van der Waals surface area contributed by atoms with Gasteiger partial charge in [0.2, 0.25) is 0 Å². The molecule has 0 aliphatic heterocycles. The van der Waals surface area contributed by atoms with Crippen LogP contribution in [-0.2, 0) is 5.33 Å². The molecule has 1 heterocycles. The summed E-state index contributed by atoms with van der Waals surface area (Å²) < 4.78 is 4.63. The van der Waals surface area contributed by atoms with E-state index in [1.165, 1.54) is 0 Å². The maximum Gasteiger partial charge on any atom is 0.298 e. The van der Waals surface area contributed by atoms with Gasteiger partial charge in [0.15, 0.2) is 10.8 Å². The lowest BCUT2D eigenvalue weighted by Gasteiger charge is -1.80. The first-order valence-corrected chi connectivity index (χ1v) is 3.67. The van der Waals surface area contributed by atoms with Crippen molar-refractivity contribution in [2.24, 2.45) is 0 Å². The predicted molar refractivity (Wildman–Crippen MR) is 37.0 cm³/mol. The Kier molecular flexibility index (Phi) is 1.97. The molecule has 0 aliphatic carbocycles. The van der Waals surface area contributed by atoms with Gasteiger partial charge in [-0.3, -0.25) is 4.79 Å². The van der Waals surface area contributed by atoms with Gasteiger partial charge in [-0.25, -0.2) is 0 Å². The van der Waals surface area contributed by atoms with E-state index in [9.17, 15) is 4.79 Å². The predicted octanol–water partition coefficient (Wildman–Crippen LogP) is 1.52. The molecule has 1 rings (SSSR count). The van der Waals surface area contributed by atoms with Crippen LogP contribution < -0.4 is 5.56 Å².